The maximum Gasteiger partial charge on any atom is 0.188 e. The molecule has 2 rings (SSSR count). The number of nitrogens with zero attached hydrogens (tertiary/aromatic N) is 1. The highest BCUT2D eigenvalue weighted by Gasteiger charge is 2.45. The summed E-state index contributed by atoms with van der Waals surface area (Å²) in [7, 11) is -2.94. The number of sulfone groups is 1. The lowest BCUT2D eigenvalue weighted by Crippen LogP contribution is -2.34. The first-order valence-electron chi connectivity index (χ1n) is 6.63. The predicted octanol–water partition coefficient (Wildman–Crippen LogP) is 1.02. The Bertz CT molecular complexity index is 560. The molecule has 0 aromatic carbocycles. The molecule has 0 spiro atoms. The van der Waals surface area contributed by atoms with Crippen molar-refractivity contribution in [1.82, 2.24) is 5.32 Å². The Kier molecular flexibility index (Phi) is 4.70. The molecule has 1 heterocycles. The quantitative estimate of drug-likeness (QED) is 0.581. The molecule has 0 bridgehead atoms. The third-order valence-electron chi connectivity index (χ3n) is 3.37. The van der Waals surface area contributed by atoms with E-state index in [4.69, 9.17) is 5.73 Å². The minimum absolute atomic E-state index is 0.159. The Morgan fingerprint density at radius 2 is 2.30 bits per heavy atom. The zero-order chi connectivity index (χ0) is 14.6. The van der Waals surface area contributed by atoms with Crippen LogP contribution < -0.4 is 11.1 Å². The first kappa shape index (κ1) is 15.3. The van der Waals surface area contributed by atoms with Crippen molar-refractivity contribution in [3.05, 3.63) is 22.4 Å². The molecule has 3 N–H and O–H groups in total. The number of rotatable bonds is 7. The fraction of sp³-hybridized carbons (Fsp3) is 0.615. The molecule has 1 aliphatic rings. The molecule has 0 aliphatic heterocycles. The van der Waals surface area contributed by atoms with Crippen LogP contribution in [0.3, 0.4) is 0 Å². The summed E-state index contributed by atoms with van der Waals surface area (Å²) in [6.07, 6.45) is 4.04. The molecule has 112 valence electrons. The van der Waals surface area contributed by atoms with Gasteiger partial charge < -0.3 is 11.1 Å². The van der Waals surface area contributed by atoms with Gasteiger partial charge in [0.25, 0.3) is 0 Å². The van der Waals surface area contributed by atoms with Crippen LogP contribution in [0.2, 0.25) is 0 Å². The minimum atomic E-state index is -2.94. The predicted molar refractivity (Wildman–Crippen MR) is 83.9 cm³/mol. The summed E-state index contributed by atoms with van der Waals surface area (Å²) in [6.45, 7) is 1.24. The third kappa shape index (κ3) is 5.13. The van der Waals surface area contributed by atoms with Crippen LogP contribution in [-0.4, -0.2) is 39.5 Å². The summed E-state index contributed by atoms with van der Waals surface area (Å²) >= 11 is 1.72. The number of hydrogen-bond acceptors (Lipinski definition) is 4. The van der Waals surface area contributed by atoms with Gasteiger partial charge in [0, 0.05) is 29.6 Å². The molecule has 0 radical (unpaired) electrons. The van der Waals surface area contributed by atoms with Gasteiger partial charge in [0.15, 0.2) is 5.96 Å². The third-order valence-corrected chi connectivity index (χ3v) is 5.44. The van der Waals surface area contributed by atoms with Gasteiger partial charge in [0.1, 0.15) is 9.84 Å². The Balaban J connectivity index is 1.74. The Labute approximate surface area is 124 Å². The number of hydrogen-bond donors (Lipinski definition) is 2. The van der Waals surface area contributed by atoms with Crippen molar-refractivity contribution in [2.24, 2.45) is 16.1 Å². The fourth-order valence-corrected chi connectivity index (χ4v) is 4.36. The molecule has 1 fully saturated rings. The molecule has 0 amide bonds. The fourth-order valence-electron chi connectivity index (χ4n) is 2.16. The summed E-state index contributed by atoms with van der Waals surface area (Å²) in [5, 5.41) is 5.12. The molecule has 1 aromatic rings. The van der Waals surface area contributed by atoms with E-state index in [2.05, 4.69) is 21.8 Å². The zero-order valence-corrected chi connectivity index (χ0v) is 13.3. The highest BCUT2D eigenvalue weighted by Crippen LogP contribution is 2.46. The molecule has 20 heavy (non-hydrogen) atoms. The van der Waals surface area contributed by atoms with Crippen molar-refractivity contribution in [3.63, 3.8) is 0 Å². The Hall–Kier alpha value is -1.08. The SMILES string of the molecule is CS(=O)(=O)CC1(CN=C(N)NCCc2cccs2)CC1. The van der Waals surface area contributed by atoms with Gasteiger partial charge in [-0.2, -0.15) is 0 Å². The van der Waals surface area contributed by atoms with Crippen LogP contribution in [0.5, 0.6) is 0 Å². The van der Waals surface area contributed by atoms with Gasteiger partial charge >= 0.3 is 0 Å². The lowest BCUT2D eigenvalue weighted by molar-refractivity contribution is 0.551. The van der Waals surface area contributed by atoms with E-state index in [1.54, 1.807) is 11.3 Å². The maximum atomic E-state index is 11.3. The molecule has 0 unspecified atom stereocenters. The first-order valence-corrected chi connectivity index (χ1v) is 9.57. The lowest BCUT2D eigenvalue weighted by Gasteiger charge is -2.11. The van der Waals surface area contributed by atoms with E-state index in [9.17, 15) is 8.42 Å². The van der Waals surface area contributed by atoms with Crippen molar-refractivity contribution >= 4 is 27.1 Å². The standard InChI is InChI=1S/C13H21N3O2S2/c1-20(17,18)10-13(5-6-13)9-16-12(14)15-7-4-11-3-2-8-19-11/h2-3,8H,4-7,9-10H2,1H3,(H3,14,15,16). The number of guanidine groups is 1. The van der Waals surface area contributed by atoms with Gasteiger partial charge in [0.2, 0.25) is 0 Å². The molecule has 0 saturated heterocycles. The van der Waals surface area contributed by atoms with Crippen molar-refractivity contribution < 1.29 is 8.42 Å². The molecular weight excluding hydrogens is 294 g/mol. The van der Waals surface area contributed by atoms with Crippen molar-refractivity contribution in [2.75, 3.05) is 25.1 Å². The van der Waals surface area contributed by atoms with Crippen LogP contribution in [0.4, 0.5) is 0 Å². The van der Waals surface area contributed by atoms with Crippen LogP contribution in [0, 0.1) is 5.41 Å². The molecule has 0 atom stereocenters. The highest BCUT2D eigenvalue weighted by atomic mass is 32.2. The van der Waals surface area contributed by atoms with Gasteiger partial charge in [0.05, 0.1) is 5.75 Å². The van der Waals surface area contributed by atoms with Crippen LogP contribution >= 0.6 is 11.3 Å². The minimum Gasteiger partial charge on any atom is -0.370 e. The van der Waals surface area contributed by atoms with E-state index in [1.807, 2.05) is 6.07 Å². The van der Waals surface area contributed by atoms with Crippen LogP contribution in [0.15, 0.2) is 22.5 Å². The molecule has 1 aromatic heterocycles. The number of nitrogens with two attached hydrogens (primary N) is 1. The van der Waals surface area contributed by atoms with Crippen LogP contribution in [-0.2, 0) is 16.3 Å². The molecular formula is C13H21N3O2S2. The average Bonchev–Trinajstić information content (AvgIpc) is 2.88. The topological polar surface area (TPSA) is 84.5 Å². The molecule has 7 heteroatoms. The van der Waals surface area contributed by atoms with E-state index < -0.39 is 9.84 Å². The summed E-state index contributed by atoms with van der Waals surface area (Å²) < 4.78 is 22.7. The summed E-state index contributed by atoms with van der Waals surface area (Å²) in [5.41, 5.74) is 5.65. The normalized spacial score (nSPS) is 17.9. The maximum absolute atomic E-state index is 11.3. The number of thiophene rings is 1. The molecule has 1 saturated carbocycles. The smallest absolute Gasteiger partial charge is 0.188 e. The van der Waals surface area contributed by atoms with Crippen molar-refractivity contribution in [3.8, 4) is 0 Å². The second-order valence-electron chi connectivity index (χ2n) is 5.53. The highest BCUT2D eigenvalue weighted by molar-refractivity contribution is 7.90. The molecule has 1 aliphatic carbocycles. The summed E-state index contributed by atoms with van der Waals surface area (Å²) in [5.74, 6) is 0.618. The number of nitrogens with one attached hydrogen (secondary N) is 1. The van der Waals surface area contributed by atoms with E-state index in [-0.39, 0.29) is 11.2 Å². The van der Waals surface area contributed by atoms with Gasteiger partial charge in [-0.25, -0.2) is 8.42 Å². The summed E-state index contributed by atoms with van der Waals surface area (Å²) in [4.78, 5) is 5.59. The van der Waals surface area contributed by atoms with Crippen molar-refractivity contribution in [2.45, 2.75) is 19.3 Å². The van der Waals surface area contributed by atoms with E-state index in [0.29, 0.717) is 12.5 Å². The second-order valence-corrected chi connectivity index (χ2v) is 8.70. The van der Waals surface area contributed by atoms with Crippen LogP contribution in [0.25, 0.3) is 0 Å². The zero-order valence-electron chi connectivity index (χ0n) is 11.6. The van der Waals surface area contributed by atoms with Gasteiger partial charge in [-0.05, 0) is 30.7 Å². The van der Waals surface area contributed by atoms with Gasteiger partial charge in [-0.15, -0.1) is 11.3 Å². The van der Waals surface area contributed by atoms with E-state index in [0.717, 1.165) is 25.8 Å². The monoisotopic (exact) mass is 315 g/mol. The van der Waals surface area contributed by atoms with Crippen molar-refractivity contribution in [1.29, 1.82) is 0 Å². The lowest BCUT2D eigenvalue weighted by atomic mass is 10.1. The van der Waals surface area contributed by atoms with Crippen LogP contribution in [0.1, 0.15) is 17.7 Å². The Morgan fingerprint density at radius 1 is 1.55 bits per heavy atom. The van der Waals surface area contributed by atoms with Gasteiger partial charge in [-0.1, -0.05) is 6.07 Å². The molecule has 5 nitrogen and oxygen atoms in total. The van der Waals surface area contributed by atoms with E-state index in [1.165, 1.54) is 11.1 Å². The average molecular weight is 315 g/mol. The first-order chi connectivity index (χ1) is 9.39. The van der Waals surface area contributed by atoms with E-state index >= 15 is 0 Å². The second kappa shape index (κ2) is 6.13. The Morgan fingerprint density at radius 3 is 2.85 bits per heavy atom. The summed E-state index contributed by atoms with van der Waals surface area (Å²) in [6, 6.07) is 4.12. The largest absolute Gasteiger partial charge is 0.370 e. The number of aliphatic imine (C=N–C) groups is 1. The van der Waals surface area contributed by atoms with Gasteiger partial charge in [-0.3, -0.25) is 4.99 Å².